The fourth-order valence-corrected chi connectivity index (χ4v) is 3.24. The number of nitrogens with zero attached hydrogens (tertiary/aromatic N) is 2. The summed E-state index contributed by atoms with van der Waals surface area (Å²) in [5, 5.41) is 13.6. The van der Waals surface area contributed by atoms with E-state index in [-0.39, 0.29) is 30.5 Å². The molecule has 5 atom stereocenters. The average Bonchev–Trinajstić information content (AvgIpc) is 2.84. The Bertz CT molecular complexity index is 561. The Morgan fingerprint density at radius 2 is 1.86 bits per heavy atom. The summed E-state index contributed by atoms with van der Waals surface area (Å²) in [6.07, 6.45) is -8.34. The number of alkyl halides is 5. The molecule has 1 aromatic rings. The predicted octanol–water partition coefficient (Wildman–Crippen LogP) is 3.29. The van der Waals surface area contributed by atoms with E-state index in [0.717, 1.165) is 4.68 Å². The molecule has 3 rings (SSSR count). The second kappa shape index (κ2) is 4.66. The smallest absolute Gasteiger partial charge is 0.313 e. The van der Waals surface area contributed by atoms with Crippen LogP contribution in [0.15, 0.2) is 0 Å². The molecule has 0 unspecified atom stereocenters. The fraction of sp³-hybridized carbons (Fsp3) is 0.769. The molecule has 1 saturated carbocycles. The number of halogens is 5. The van der Waals surface area contributed by atoms with E-state index >= 15 is 0 Å². The van der Waals surface area contributed by atoms with Gasteiger partial charge in [0.05, 0.1) is 17.4 Å². The number of fused-ring (bicyclic) bond motifs is 1. The van der Waals surface area contributed by atoms with Gasteiger partial charge in [0, 0.05) is 12.0 Å². The molecule has 0 radical (unpaired) electrons. The van der Waals surface area contributed by atoms with Gasteiger partial charge >= 0.3 is 5.92 Å². The Balaban J connectivity index is 2.00. The first-order chi connectivity index (χ1) is 9.75. The highest BCUT2D eigenvalue weighted by molar-refractivity contribution is 5.38. The Kier molecular flexibility index (Phi) is 3.27. The van der Waals surface area contributed by atoms with E-state index in [1.54, 1.807) is 0 Å². The summed E-state index contributed by atoms with van der Waals surface area (Å²) in [6, 6.07) is -0.672. The van der Waals surface area contributed by atoms with Gasteiger partial charge in [-0.1, -0.05) is 0 Å². The van der Waals surface area contributed by atoms with E-state index < -0.39 is 42.3 Å². The lowest BCUT2D eigenvalue weighted by atomic mass is 9.92. The summed E-state index contributed by atoms with van der Waals surface area (Å²) in [5.74, 6) is -3.92. The maximum atomic E-state index is 14.0. The quantitative estimate of drug-likeness (QED) is 0.808. The van der Waals surface area contributed by atoms with E-state index in [9.17, 15) is 27.1 Å². The minimum absolute atomic E-state index is 0.0601. The summed E-state index contributed by atoms with van der Waals surface area (Å²) in [6.45, 7) is 1.39. The summed E-state index contributed by atoms with van der Waals surface area (Å²) < 4.78 is 68.9. The molecule has 8 heteroatoms. The molecule has 1 heterocycles. The maximum absolute atomic E-state index is 14.0. The van der Waals surface area contributed by atoms with Crippen LogP contribution in [0, 0.1) is 6.92 Å². The van der Waals surface area contributed by atoms with Crippen molar-refractivity contribution in [2.24, 2.45) is 0 Å². The highest BCUT2D eigenvalue weighted by Crippen LogP contribution is 2.54. The third kappa shape index (κ3) is 1.98. The number of aromatic nitrogens is 2. The van der Waals surface area contributed by atoms with Crippen molar-refractivity contribution in [3.63, 3.8) is 0 Å². The first kappa shape index (κ1) is 14.7. The van der Waals surface area contributed by atoms with Gasteiger partial charge in [-0.3, -0.25) is 4.68 Å². The maximum Gasteiger partial charge on any atom is 0.313 e. The van der Waals surface area contributed by atoms with Gasteiger partial charge in [-0.05, 0) is 19.8 Å². The molecule has 0 aliphatic heterocycles. The molecule has 21 heavy (non-hydrogen) atoms. The second-order valence-electron chi connectivity index (χ2n) is 5.77. The molecule has 118 valence electrons. The van der Waals surface area contributed by atoms with Crippen LogP contribution >= 0.6 is 0 Å². The molecule has 0 amide bonds. The minimum atomic E-state index is -3.92. The molecule has 2 aliphatic carbocycles. The van der Waals surface area contributed by atoms with Gasteiger partial charge in [-0.2, -0.15) is 13.9 Å². The van der Waals surface area contributed by atoms with Crippen LogP contribution in [0.25, 0.3) is 0 Å². The van der Waals surface area contributed by atoms with Gasteiger partial charge in [-0.15, -0.1) is 0 Å². The van der Waals surface area contributed by atoms with Crippen LogP contribution in [-0.2, 0) is 0 Å². The number of aliphatic hydroxyl groups is 1. The summed E-state index contributed by atoms with van der Waals surface area (Å²) in [7, 11) is 0. The van der Waals surface area contributed by atoms with Gasteiger partial charge in [0.2, 0.25) is 6.17 Å². The Morgan fingerprint density at radius 1 is 1.19 bits per heavy atom. The SMILES string of the molecule is Cc1nn([C@@H]2CC[C@@H](F)[C@@H](F)C2)c2c1[C@H](O)C(F)(F)[C@H]2F. The van der Waals surface area contributed by atoms with E-state index in [4.69, 9.17) is 0 Å². The number of aryl methyl sites for hydroxylation is 1. The molecule has 1 aromatic heterocycles. The normalized spacial score (nSPS) is 38.5. The standard InChI is InChI=1S/C13H15F5N2O/c1-5-9-10(11(16)13(17,18)12(9)21)20(19-5)6-2-3-7(14)8(15)4-6/h6-8,11-12,21H,2-4H2,1H3/t6-,7-,8+,11+,12+/m1/s1. The van der Waals surface area contributed by atoms with Crippen molar-refractivity contribution in [1.29, 1.82) is 0 Å². The van der Waals surface area contributed by atoms with E-state index in [0.29, 0.717) is 0 Å². The highest BCUT2D eigenvalue weighted by atomic mass is 19.3. The van der Waals surface area contributed by atoms with Crippen molar-refractivity contribution in [1.82, 2.24) is 9.78 Å². The lowest BCUT2D eigenvalue weighted by Gasteiger charge is -2.29. The monoisotopic (exact) mass is 310 g/mol. The summed E-state index contributed by atoms with van der Waals surface area (Å²) >= 11 is 0. The lowest BCUT2D eigenvalue weighted by Crippen LogP contribution is -2.31. The van der Waals surface area contributed by atoms with Crippen molar-refractivity contribution >= 4 is 0 Å². The van der Waals surface area contributed by atoms with Gasteiger partial charge < -0.3 is 5.11 Å². The van der Waals surface area contributed by atoms with E-state index in [1.165, 1.54) is 6.92 Å². The number of aliphatic hydroxyl groups excluding tert-OH is 1. The predicted molar refractivity (Wildman–Crippen MR) is 63.4 cm³/mol. The average molecular weight is 310 g/mol. The van der Waals surface area contributed by atoms with Crippen molar-refractivity contribution in [2.75, 3.05) is 0 Å². The molecule has 0 aromatic carbocycles. The number of rotatable bonds is 1. The zero-order valence-electron chi connectivity index (χ0n) is 11.2. The fourth-order valence-electron chi connectivity index (χ4n) is 3.24. The first-order valence-electron chi connectivity index (χ1n) is 6.82. The van der Waals surface area contributed by atoms with Crippen LogP contribution in [0.5, 0.6) is 0 Å². The van der Waals surface area contributed by atoms with Gasteiger partial charge in [0.15, 0.2) is 0 Å². The van der Waals surface area contributed by atoms with Crippen LogP contribution in [-0.4, -0.2) is 33.2 Å². The largest absolute Gasteiger partial charge is 0.382 e. The molecule has 0 spiro atoms. The second-order valence-corrected chi connectivity index (χ2v) is 5.77. The van der Waals surface area contributed by atoms with Crippen molar-refractivity contribution in [3.05, 3.63) is 17.0 Å². The summed E-state index contributed by atoms with van der Waals surface area (Å²) in [5.41, 5.74) is -0.542. The molecule has 0 saturated heterocycles. The topological polar surface area (TPSA) is 38.0 Å². The third-order valence-electron chi connectivity index (χ3n) is 4.40. The Hall–Kier alpha value is -1.18. The summed E-state index contributed by atoms with van der Waals surface area (Å²) in [4.78, 5) is 0. The number of hydrogen-bond acceptors (Lipinski definition) is 2. The first-order valence-corrected chi connectivity index (χ1v) is 6.82. The lowest BCUT2D eigenvalue weighted by molar-refractivity contribution is -0.145. The molecular formula is C13H15F5N2O. The van der Waals surface area contributed by atoms with Gasteiger partial charge in [0.25, 0.3) is 0 Å². The molecule has 0 bridgehead atoms. The molecule has 1 fully saturated rings. The third-order valence-corrected chi connectivity index (χ3v) is 4.40. The van der Waals surface area contributed by atoms with E-state index in [1.807, 2.05) is 0 Å². The minimum Gasteiger partial charge on any atom is -0.382 e. The highest BCUT2D eigenvalue weighted by Gasteiger charge is 2.59. The van der Waals surface area contributed by atoms with Crippen LogP contribution in [0.2, 0.25) is 0 Å². The van der Waals surface area contributed by atoms with Crippen molar-refractivity contribution in [3.8, 4) is 0 Å². The van der Waals surface area contributed by atoms with Gasteiger partial charge in [-0.25, -0.2) is 13.2 Å². The molecule has 1 N–H and O–H groups in total. The molecule has 2 aliphatic rings. The zero-order valence-corrected chi connectivity index (χ0v) is 11.2. The Morgan fingerprint density at radius 3 is 2.48 bits per heavy atom. The molecular weight excluding hydrogens is 295 g/mol. The molecule has 3 nitrogen and oxygen atoms in total. The van der Waals surface area contributed by atoms with Gasteiger partial charge in [0.1, 0.15) is 18.4 Å². The van der Waals surface area contributed by atoms with Crippen molar-refractivity contribution < 1.29 is 27.1 Å². The Labute approximate surface area is 117 Å². The van der Waals surface area contributed by atoms with Crippen LogP contribution in [0.3, 0.4) is 0 Å². The zero-order chi connectivity index (χ0) is 15.5. The van der Waals surface area contributed by atoms with E-state index in [2.05, 4.69) is 5.10 Å². The number of hydrogen-bond donors (Lipinski definition) is 1. The van der Waals surface area contributed by atoms with Crippen LogP contribution < -0.4 is 0 Å². The van der Waals surface area contributed by atoms with Crippen LogP contribution in [0.4, 0.5) is 22.0 Å². The van der Waals surface area contributed by atoms with Crippen LogP contribution in [0.1, 0.15) is 54.5 Å². The van der Waals surface area contributed by atoms with Crippen molar-refractivity contribution in [2.45, 2.75) is 62.8 Å².